The molecule has 0 spiro atoms. The molecule has 4 amide bonds. The molecular weight excluding hydrogens is 363 g/mol. The lowest BCUT2D eigenvalue weighted by molar-refractivity contribution is -0.137. The van der Waals surface area contributed by atoms with Crippen molar-refractivity contribution in [3.05, 3.63) is 29.6 Å². The molecule has 3 atom stereocenters. The van der Waals surface area contributed by atoms with Crippen molar-refractivity contribution >= 4 is 23.5 Å². The van der Waals surface area contributed by atoms with Crippen molar-refractivity contribution in [3.8, 4) is 0 Å². The number of carbonyl (C=O) groups is 3. The van der Waals surface area contributed by atoms with Gasteiger partial charge in [0.2, 0.25) is 5.91 Å². The highest BCUT2D eigenvalue weighted by Crippen LogP contribution is 2.27. The Morgan fingerprint density at radius 3 is 2.68 bits per heavy atom. The Bertz CT molecular complexity index is 815. The van der Waals surface area contributed by atoms with Gasteiger partial charge in [-0.1, -0.05) is 13.0 Å². The second-order valence-electron chi connectivity index (χ2n) is 8.10. The molecule has 2 fully saturated rings. The Hall–Kier alpha value is -2.64. The maximum atomic E-state index is 13.7. The third-order valence-corrected chi connectivity index (χ3v) is 5.67. The molecule has 28 heavy (non-hydrogen) atoms. The number of nitrogens with zero attached hydrogens (tertiary/aromatic N) is 2. The molecule has 2 aliphatic heterocycles. The van der Waals surface area contributed by atoms with Crippen LogP contribution in [0, 0.1) is 18.7 Å². The summed E-state index contributed by atoms with van der Waals surface area (Å²) >= 11 is 0. The van der Waals surface area contributed by atoms with Crippen molar-refractivity contribution < 1.29 is 18.8 Å². The van der Waals surface area contributed by atoms with Crippen LogP contribution in [0.1, 0.15) is 32.8 Å². The van der Waals surface area contributed by atoms with Crippen LogP contribution in [0.15, 0.2) is 18.2 Å². The summed E-state index contributed by atoms with van der Waals surface area (Å²) in [5.74, 6) is -1.14. The van der Waals surface area contributed by atoms with Gasteiger partial charge in [-0.3, -0.25) is 14.9 Å². The minimum atomic E-state index is -1.07. The molecule has 0 aliphatic carbocycles. The van der Waals surface area contributed by atoms with Gasteiger partial charge in [0.1, 0.15) is 11.4 Å². The van der Waals surface area contributed by atoms with E-state index in [9.17, 15) is 18.8 Å². The smallest absolute Gasteiger partial charge is 0.322 e. The van der Waals surface area contributed by atoms with E-state index in [-0.39, 0.29) is 24.2 Å². The van der Waals surface area contributed by atoms with Crippen LogP contribution >= 0.6 is 0 Å². The monoisotopic (exact) mass is 390 g/mol. The summed E-state index contributed by atoms with van der Waals surface area (Å²) < 4.78 is 13.7. The van der Waals surface area contributed by atoms with Crippen molar-refractivity contribution in [1.82, 2.24) is 15.5 Å². The maximum Gasteiger partial charge on any atom is 0.322 e. The first kappa shape index (κ1) is 20.1. The SMILES string of the molecule is Cc1ccc(F)cc1N1CCN(C(=O)C(C)CC2(C)NC(=O)NC2=O)C[C@@H]1C. The van der Waals surface area contributed by atoms with E-state index in [1.165, 1.54) is 12.1 Å². The maximum absolute atomic E-state index is 13.7. The van der Waals surface area contributed by atoms with E-state index < -0.39 is 23.4 Å². The number of amides is 4. The Kier molecular flexibility index (Phi) is 5.32. The van der Waals surface area contributed by atoms with Crippen LogP contribution < -0.4 is 15.5 Å². The van der Waals surface area contributed by atoms with Crippen LogP contribution in [0.4, 0.5) is 14.9 Å². The molecule has 2 N–H and O–H groups in total. The summed E-state index contributed by atoms with van der Waals surface area (Å²) in [6.45, 7) is 9.03. The van der Waals surface area contributed by atoms with Gasteiger partial charge in [0, 0.05) is 37.3 Å². The molecule has 0 bridgehead atoms. The summed E-state index contributed by atoms with van der Waals surface area (Å²) in [7, 11) is 0. The van der Waals surface area contributed by atoms with Gasteiger partial charge in [0.25, 0.3) is 5.91 Å². The number of nitrogens with one attached hydrogen (secondary N) is 2. The number of piperazine rings is 1. The van der Waals surface area contributed by atoms with Crippen molar-refractivity contribution in [2.45, 2.75) is 45.7 Å². The normalized spacial score (nSPS) is 26.1. The van der Waals surface area contributed by atoms with Gasteiger partial charge in [0.15, 0.2) is 0 Å². The van der Waals surface area contributed by atoms with Gasteiger partial charge >= 0.3 is 6.03 Å². The van der Waals surface area contributed by atoms with E-state index in [0.717, 1.165) is 11.3 Å². The number of aryl methyl sites for hydroxylation is 1. The number of urea groups is 1. The Morgan fingerprint density at radius 1 is 1.36 bits per heavy atom. The summed E-state index contributed by atoms with van der Waals surface area (Å²) in [6.07, 6.45) is 0.237. The second kappa shape index (κ2) is 7.41. The lowest BCUT2D eigenvalue weighted by atomic mass is 9.89. The standard InChI is InChI=1S/C20H27FN4O3/c1-12-5-6-15(21)9-16(12)25-8-7-24(11-14(25)3)17(26)13(2)10-20(4)18(27)22-19(28)23-20/h5-6,9,13-14H,7-8,10-11H2,1-4H3,(H2,22,23,27,28)/t13?,14-,20?/m0/s1. The zero-order valence-corrected chi connectivity index (χ0v) is 16.7. The topological polar surface area (TPSA) is 81.8 Å². The summed E-state index contributed by atoms with van der Waals surface area (Å²) in [4.78, 5) is 40.3. The van der Waals surface area contributed by atoms with E-state index >= 15 is 0 Å². The third-order valence-electron chi connectivity index (χ3n) is 5.67. The molecule has 2 heterocycles. The van der Waals surface area contributed by atoms with Gasteiger partial charge in [-0.2, -0.15) is 0 Å². The van der Waals surface area contributed by atoms with Crippen molar-refractivity contribution in [2.24, 2.45) is 5.92 Å². The van der Waals surface area contributed by atoms with E-state index in [4.69, 9.17) is 0 Å². The van der Waals surface area contributed by atoms with E-state index in [1.54, 1.807) is 24.8 Å². The molecule has 0 radical (unpaired) electrons. The van der Waals surface area contributed by atoms with Crippen LogP contribution in [-0.4, -0.2) is 54.0 Å². The Morgan fingerprint density at radius 2 is 2.07 bits per heavy atom. The highest BCUT2D eigenvalue weighted by Gasteiger charge is 2.44. The number of benzene rings is 1. The zero-order chi connectivity index (χ0) is 20.6. The first-order chi connectivity index (χ1) is 13.1. The van der Waals surface area contributed by atoms with Crippen molar-refractivity contribution in [3.63, 3.8) is 0 Å². The van der Waals surface area contributed by atoms with Crippen LogP contribution in [0.5, 0.6) is 0 Å². The van der Waals surface area contributed by atoms with E-state index in [0.29, 0.717) is 19.6 Å². The highest BCUT2D eigenvalue weighted by atomic mass is 19.1. The van der Waals surface area contributed by atoms with Crippen LogP contribution in [0.2, 0.25) is 0 Å². The van der Waals surface area contributed by atoms with E-state index in [2.05, 4.69) is 15.5 Å². The lowest BCUT2D eigenvalue weighted by Crippen LogP contribution is -2.56. The van der Waals surface area contributed by atoms with Crippen LogP contribution in [0.25, 0.3) is 0 Å². The van der Waals surface area contributed by atoms with Crippen molar-refractivity contribution in [2.75, 3.05) is 24.5 Å². The fourth-order valence-corrected chi connectivity index (χ4v) is 4.14. The molecule has 2 unspecified atom stereocenters. The molecule has 0 saturated carbocycles. The highest BCUT2D eigenvalue weighted by molar-refractivity contribution is 6.07. The molecule has 2 aliphatic rings. The number of carbonyl (C=O) groups excluding carboxylic acids is 3. The summed E-state index contributed by atoms with van der Waals surface area (Å²) in [6, 6.07) is 4.26. The molecule has 3 rings (SSSR count). The first-order valence-electron chi connectivity index (χ1n) is 9.56. The third kappa shape index (κ3) is 3.81. The molecular formula is C20H27FN4O3. The molecule has 8 heteroatoms. The van der Waals surface area contributed by atoms with Gasteiger partial charge in [-0.15, -0.1) is 0 Å². The van der Waals surface area contributed by atoms with Crippen molar-refractivity contribution in [1.29, 1.82) is 0 Å². The molecule has 152 valence electrons. The average molecular weight is 390 g/mol. The van der Waals surface area contributed by atoms with Gasteiger partial charge in [0.05, 0.1) is 0 Å². The second-order valence-corrected chi connectivity index (χ2v) is 8.10. The van der Waals surface area contributed by atoms with Gasteiger partial charge in [-0.05, 0) is 44.9 Å². The predicted octanol–water partition coefficient (Wildman–Crippen LogP) is 1.80. The lowest BCUT2D eigenvalue weighted by Gasteiger charge is -2.43. The zero-order valence-electron chi connectivity index (χ0n) is 16.7. The minimum Gasteiger partial charge on any atom is -0.365 e. The number of anilines is 1. The van der Waals surface area contributed by atoms with Gasteiger partial charge in [-0.25, -0.2) is 9.18 Å². The number of hydrogen-bond acceptors (Lipinski definition) is 4. The fraction of sp³-hybridized carbons (Fsp3) is 0.550. The Labute approximate surface area is 164 Å². The number of rotatable bonds is 4. The Balaban J connectivity index is 1.64. The molecule has 2 saturated heterocycles. The van der Waals surface area contributed by atoms with Crippen LogP contribution in [0.3, 0.4) is 0 Å². The quantitative estimate of drug-likeness (QED) is 0.768. The van der Waals surface area contributed by atoms with E-state index in [1.807, 2.05) is 13.8 Å². The molecule has 1 aromatic rings. The number of imide groups is 1. The van der Waals surface area contributed by atoms with Gasteiger partial charge < -0.3 is 15.1 Å². The number of hydrogen-bond donors (Lipinski definition) is 2. The predicted molar refractivity (Wildman–Crippen MR) is 103 cm³/mol. The number of halogens is 1. The molecule has 1 aromatic carbocycles. The molecule has 7 nitrogen and oxygen atoms in total. The van der Waals surface area contributed by atoms with Crippen LogP contribution in [-0.2, 0) is 9.59 Å². The summed E-state index contributed by atoms with van der Waals surface area (Å²) in [5, 5.41) is 4.82. The summed E-state index contributed by atoms with van der Waals surface area (Å²) in [5.41, 5.74) is 0.779. The largest absolute Gasteiger partial charge is 0.365 e. The molecule has 0 aromatic heterocycles. The fourth-order valence-electron chi connectivity index (χ4n) is 4.14. The average Bonchev–Trinajstić information content (AvgIpc) is 2.88. The minimum absolute atomic E-state index is 0.0375. The first-order valence-corrected chi connectivity index (χ1v) is 9.56.